The van der Waals surface area contributed by atoms with Crippen LogP contribution >= 0.6 is 15.9 Å². The summed E-state index contributed by atoms with van der Waals surface area (Å²) in [5.41, 5.74) is 5.51. The molecule has 0 aromatic heterocycles. The van der Waals surface area contributed by atoms with Crippen molar-refractivity contribution in [3.63, 3.8) is 0 Å². The van der Waals surface area contributed by atoms with Gasteiger partial charge in [-0.3, -0.25) is 9.59 Å². The summed E-state index contributed by atoms with van der Waals surface area (Å²) in [4.78, 5) is 25.3. The summed E-state index contributed by atoms with van der Waals surface area (Å²) >= 11 is 3.26. The summed E-state index contributed by atoms with van der Waals surface area (Å²) in [6.07, 6.45) is 2.75. The van der Waals surface area contributed by atoms with Gasteiger partial charge in [0.15, 0.2) is 0 Å². The minimum absolute atomic E-state index is 0.151. The van der Waals surface area contributed by atoms with E-state index in [0.29, 0.717) is 11.0 Å². The molecule has 2 amide bonds. The van der Waals surface area contributed by atoms with Crippen LogP contribution in [-0.4, -0.2) is 29.3 Å². The van der Waals surface area contributed by atoms with E-state index in [1.165, 1.54) is 18.2 Å². The number of amides is 2. The number of benzene rings is 1. The van der Waals surface area contributed by atoms with E-state index in [1.54, 1.807) is 4.90 Å². The third kappa shape index (κ3) is 3.36. The molecule has 2 rings (SSSR count). The van der Waals surface area contributed by atoms with Crippen LogP contribution in [0.2, 0.25) is 0 Å². The second kappa shape index (κ2) is 6.35. The quantitative estimate of drug-likeness (QED) is 0.916. The van der Waals surface area contributed by atoms with Gasteiger partial charge in [-0.15, -0.1) is 0 Å². The Labute approximate surface area is 125 Å². The molecule has 2 N–H and O–H groups in total. The number of hydrogen-bond acceptors (Lipinski definition) is 2. The number of likely N-dealkylation sites (tertiary alicyclic amines) is 1. The van der Waals surface area contributed by atoms with Crippen molar-refractivity contribution in [2.24, 2.45) is 5.73 Å². The van der Waals surface area contributed by atoms with Crippen molar-refractivity contribution >= 4 is 27.7 Å². The van der Waals surface area contributed by atoms with Crippen molar-refractivity contribution in [3.05, 3.63) is 34.1 Å². The molecule has 0 spiro atoms. The van der Waals surface area contributed by atoms with Gasteiger partial charge in [-0.1, -0.05) is 0 Å². The number of nitrogens with zero attached hydrogens (tertiary/aromatic N) is 1. The van der Waals surface area contributed by atoms with E-state index in [1.807, 2.05) is 0 Å². The number of rotatable bonds is 3. The number of primary amides is 1. The Balaban J connectivity index is 2.25. The Morgan fingerprint density at radius 2 is 2.15 bits per heavy atom. The van der Waals surface area contributed by atoms with E-state index < -0.39 is 11.7 Å². The molecule has 1 aromatic carbocycles. The van der Waals surface area contributed by atoms with Crippen LogP contribution in [0.1, 0.15) is 36.0 Å². The molecule has 1 aliphatic heterocycles. The Kier molecular flexibility index (Phi) is 4.75. The molecule has 1 saturated heterocycles. The Morgan fingerprint density at radius 3 is 2.85 bits per heavy atom. The van der Waals surface area contributed by atoms with E-state index in [2.05, 4.69) is 15.9 Å². The Morgan fingerprint density at radius 1 is 1.40 bits per heavy atom. The Hall–Kier alpha value is -1.43. The first-order valence-electron chi connectivity index (χ1n) is 6.53. The number of carbonyl (C=O) groups excluding carboxylic acids is 2. The average molecular weight is 343 g/mol. The molecule has 0 bridgehead atoms. The van der Waals surface area contributed by atoms with Crippen molar-refractivity contribution in [2.75, 3.05) is 6.54 Å². The van der Waals surface area contributed by atoms with Gasteiger partial charge >= 0.3 is 0 Å². The summed E-state index contributed by atoms with van der Waals surface area (Å²) < 4.78 is 13.9. The van der Waals surface area contributed by atoms with E-state index in [4.69, 9.17) is 5.73 Å². The van der Waals surface area contributed by atoms with Crippen LogP contribution < -0.4 is 5.73 Å². The summed E-state index contributed by atoms with van der Waals surface area (Å²) in [7, 11) is 0. The molecule has 1 heterocycles. The molecule has 0 unspecified atom stereocenters. The molecule has 0 saturated carbocycles. The average Bonchev–Trinajstić information content (AvgIpc) is 2.41. The zero-order valence-electron chi connectivity index (χ0n) is 10.9. The van der Waals surface area contributed by atoms with Crippen molar-refractivity contribution in [1.82, 2.24) is 4.90 Å². The van der Waals surface area contributed by atoms with Crippen LogP contribution in [-0.2, 0) is 4.79 Å². The number of piperidine rings is 1. The van der Waals surface area contributed by atoms with Gasteiger partial charge < -0.3 is 10.6 Å². The lowest BCUT2D eigenvalue weighted by molar-refractivity contribution is -0.119. The SMILES string of the molecule is NC(=O)C[C@@H]1CCCCN1C(=O)c1cc(F)ccc1Br. The molecule has 1 aliphatic rings. The number of nitrogens with two attached hydrogens (primary N) is 1. The highest BCUT2D eigenvalue weighted by atomic mass is 79.9. The fraction of sp³-hybridized carbons (Fsp3) is 0.429. The van der Waals surface area contributed by atoms with E-state index in [9.17, 15) is 14.0 Å². The second-order valence-corrected chi connectivity index (χ2v) is 5.80. The highest BCUT2D eigenvalue weighted by Gasteiger charge is 2.29. The molecule has 6 heteroatoms. The van der Waals surface area contributed by atoms with Crippen LogP contribution in [0.15, 0.2) is 22.7 Å². The third-order valence-corrected chi connectivity index (χ3v) is 4.18. The maximum absolute atomic E-state index is 13.3. The summed E-state index contributed by atoms with van der Waals surface area (Å²) in [6, 6.07) is 3.82. The minimum atomic E-state index is -0.458. The van der Waals surface area contributed by atoms with Gasteiger partial charge in [0.05, 0.1) is 5.56 Å². The van der Waals surface area contributed by atoms with Crippen molar-refractivity contribution in [2.45, 2.75) is 31.7 Å². The molecular formula is C14H16BrFN2O2. The maximum atomic E-state index is 13.3. The molecule has 0 radical (unpaired) electrons. The predicted octanol–water partition coefficient (Wildman–Crippen LogP) is 2.46. The lowest BCUT2D eigenvalue weighted by Crippen LogP contribution is -2.45. The number of halogens is 2. The first kappa shape index (κ1) is 15.0. The van der Waals surface area contributed by atoms with E-state index >= 15 is 0 Å². The molecule has 1 aromatic rings. The normalized spacial score (nSPS) is 18.9. The highest BCUT2D eigenvalue weighted by molar-refractivity contribution is 9.10. The fourth-order valence-electron chi connectivity index (χ4n) is 2.53. The van der Waals surface area contributed by atoms with Gasteiger partial charge in [0, 0.05) is 23.5 Å². The first-order valence-corrected chi connectivity index (χ1v) is 7.32. The van der Waals surface area contributed by atoms with Crippen molar-refractivity contribution in [3.8, 4) is 0 Å². The molecule has 1 atom stereocenters. The van der Waals surface area contributed by atoms with Crippen LogP contribution in [0.5, 0.6) is 0 Å². The zero-order chi connectivity index (χ0) is 14.7. The third-order valence-electron chi connectivity index (χ3n) is 3.48. The van der Waals surface area contributed by atoms with Crippen molar-refractivity contribution in [1.29, 1.82) is 0 Å². The molecule has 0 aliphatic carbocycles. The topological polar surface area (TPSA) is 63.4 Å². The number of carbonyl (C=O) groups is 2. The van der Waals surface area contributed by atoms with Gasteiger partial charge in [0.25, 0.3) is 5.91 Å². The molecule has 20 heavy (non-hydrogen) atoms. The lowest BCUT2D eigenvalue weighted by atomic mass is 9.98. The van der Waals surface area contributed by atoms with Gasteiger partial charge in [-0.05, 0) is 53.4 Å². The van der Waals surface area contributed by atoms with E-state index in [-0.39, 0.29) is 23.9 Å². The van der Waals surface area contributed by atoms with Crippen LogP contribution in [0.3, 0.4) is 0 Å². The summed E-state index contributed by atoms with van der Waals surface area (Å²) in [5, 5.41) is 0. The molecular weight excluding hydrogens is 327 g/mol. The highest BCUT2D eigenvalue weighted by Crippen LogP contribution is 2.25. The predicted molar refractivity (Wildman–Crippen MR) is 76.6 cm³/mol. The monoisotopic (exact) mass is 342 g/mol. The second-order valence-electron chi connectivity index (χ2n) is 4.94. The van der Waals surface area contributed by atoms with Gasteiger partial charge in [0.1, 0.15) is 5.82 Å². The molecule has 108 valence electrons. The molecule has 1 fully saturated rings. The van der Waals surface area contributed by atoms with Gasteiger partial charge in [0.2, 0.25) is 5.91 Å². The van der Waals surface area contributed by atoms with Crippen LogP contribution in [0.4, 0.5) is 4.39 Å². The standard InChI is InChI=1S/C14H16BrFN2O2/c15-12-5-4-9(16)7-11(12)14(20)18-6-2-1-3-10(18)8-13(17)19/h4-5,7,10H,1-3,6,8H2,(H2,17,19)/t10-/m0/s1. The Bertz CT molecular complexity index is 536. The summed E-state index contributed by atoms with van der Waals surface area (Å²) in [5.74, 6) is -1.14. The lowest BCUT2D eigenvalue weighted by Gasteiger charge is -2.35. The summed E-state index contributed by atoms with van der Waals surface area (Å²) in [6.45, 7) is 0.569. The van der Waals surface area contributed by atoms with Crippen molar-refractivity contribution < 1.29 is 14.0 Å². The fourth-order valence-corrected chi connectivity index (χ4v) is 2.94. The van der Waals surface area contributed by atoms with Crippen LogP contribution in [0.25, 0.3) is 0 Å². The first-order chi connectivity index (χ1) is 9.49. The van der Waals surface area contributed by atoms with Gasteiger partial charge in [-0.25, -0.2) is 4.39 Å². The maximum Gasteiger partial charge on any atom is 0.255 e. The minimum Gasteiger partial charge on any atom is -0.370 e. The van der Waals surface area contributed by atoms with Gasteiger partial charge in [-0.2, -0.15) is 0 Å². The molecule has 4 nitrogen and oxygen atoms in total. The van der Waals surface area contributed by atoms with E-state index in [0.717, 1.165) is 19.3 Å². The van der Waals surface area contributed by atoms with Crippen LogP contribution in [0, 0.1) is 5.82 Å². The number of hydrogen-bond donors (Lipinski definition) is 1. The smallest absolute Gasteiger partial charge is 0.255 e. The zero-order valence-corrected chi connectivity index (χ0v) is 12.5. The largest absolute Gasteiger partial charge is 0.370 e.